The van der Waals surface area contributed by atoms with E-state index in [0.717, 1.165) is 10.9 Å². The Labute approximate surface area is 82.9 Å². The van der Waals surface area contributed by atoms with E-state index in [0.29, 0.717) is 0 Å². The summed E-state index contributed by atoms with van der Waals surface area (Å²) in [6, 6.07) is 7.91. The second kappa shape index (κ2) is 4.91. The van der Waals surface area contributed by atoms with Gasteiger partial charge < -0.3 is 0 Å². The highest BCUT2D eigenvalue weighted by Gasteiger charge is 1.87. The molecule has 0 aliphatic rings. The van der Waals surface area contributed by atoms with E-state index in [1.54, 1.807) is 6.33 Å². The molecule has 0 unspecified atom stereocenters. The van der Waals surface area contributed by atoms with Crippen LogP contribution in [0, 0.1) is 0 Å². The fourth-order valence-corrected chi connectivity index (χ4v) is 0.923. The molecule has 0 amide bonds. The fraction of sp³-hybridized carbons (Fsp3) is 0. The molecule has 2 nitrogen and oxygen atoms in total. The Morgan fingerprint density at radius 1 is 1.00 bits per heavy atom. The molecule has 1 heterocycles. The first-order chi connectivity index (χ1) is 4.97. The van der Waals surface area contributed by atoms with Gasteiger partial charge in [0.05, 0.1) is 5.52 Å². The Hall–Kier alpha value is -0.860. The molecule has 4 heteroatoms. The molecule has 0 aliphatic heterocycles. The number of nitrogens with zero attached hydrogens (tertiary/aromatic N) is 2. The van der Waals surface area contributed by atoms with Crippen LogP contribution in [-0.2, 0) is 0 Å². The van der Waals surface area contributed by atoms with E-state index in [-0.39, 0.29) is 24.8 Å². The summed E-state index contributed by atoms with van der Waals surface area (Å²) in [5.74, 6) is 0. The topological polar surface area (TPSA) is 25.8 Å². The van der Waals surface area contributed by atoms with Crippen LogP contribution in [0.1, 0.15) is 0 Å². The number of fused-ring (bicyclic) bond motifs is 1. The molecule has 0 saturated carbocycles. The van der Waals surface area contributed by atoms with Crippen molar-refractivity contribution in [3.63, 3.8) is 0 Å². The van der Waals surface area contributed by atoms with E-state index in [4.69, 9.17) is 0 Å². The van der Waals surface area contributed by atoms with Crippen molar-refractivity contribution in [1.29, 1.82) is 0 Å². The van der Waals surface area contributed by atoms with Gasteiger partial charge in [-0.1, -0.05) is 18.2 Å². The van der Waals surface area contributed by atoms with Gasteiger partial charge in [-0.25, -0.2) is 9.97 Å². The molecule has 0 atom stereocenters. The van der Waals surface area contributed by atoms with Crippen LogP contribution in [0.3, 0.4) is 0 Å². The Bertz CT molecular complexity index is 286. The molecule has 0 spiro atoms. The number of aromatic nitrogens is 2. The van der Waals surface area contributed by atoms with Crippen molar-refractivity contribution < 1.29 is 0 Å². The molecule has 0 saturated heterocycles. The third-order valence-corrected chi connectivity index (χ3v) is 1.41. The molecule has 0 bridgehead atoms. The predicted molar refractivity (Wildman–Crippen MR) is 54.0 cm³/mol. The molecule has 1 aromatic heterocycles. The van der Waals surface area contributed by atoms with E-state index >= 15 is 0 Å². The Morgan fingerprint density at radius 2 is 1.75 bits per heavy atom. The van der Waals surface area contributed by atoms with E-state index < -0.39 is 0 Å². The van der Waals surface area contributed by atoms with Crippen LogP contribution in [0.4, 0.5) is 0 Å². The molecule has 1 aromatic carbocycles. The maximum absolute atomic E-state index is 4.07. The maximum Gasteiger partial charge on any atom is 0.116 e. The third-order valence-electron chi connectivity index (χ3n) is 1.41. The summed E-state index contributed by atoms with van der Waals surface area (Å²) < 4.78 is 0. The minimum Gasteiger partial charge on any atom is -0.244 e. The molecule has 0 aliphatic carbocycles. The molecule has 0 fully saturated rings. The zero-order valence-electron chi connectivity index (χ0n) is 6.18. The third kappa shape index (κ3) is 2.06. The first-order valence-electron chi connectivity index (χ1n) is 3.11. The second-order valence-electron chi connectivity index (χ2n) is 2.08. The smallest absolute Gasteiger partial charge is 0.116 e. The van der Waals surface area contributed by atoms with Crippen LogP contribution < -0.4 is 0 Å². The lowest BCUT2D eigenvalue weighted by atomic mass is 10.2. The minimum absolute atomic E-state index is 0. The fourth-order valence-electron chi connectivity index (χ4n) is 0.923. The van der Waals surface area contributed by atoms with Gasteiger partial charge in [0, 0.05) is 11.6 Å². The predicted octanol–water partition coefficient (Wildman–Crippen LogP) is 2.47. The Kier molecular flexibility index (Phi) is 4.55. The average molecular weight is 203 g/mol. The van der Waals surface area contributed by atoms with Gasteiger partial charge in [0.25, 0.3) is 0 Å². The largest absolute Gasteiger partial charge is 0.244 e. The van der Waals surface area contributed by atoms with Crippen LogP contribution in [-0.4, -0.2) is 9.97 Å². The zero-order chi connectivity index (χ0) is 6.81. The van der Waals surface area contributed by atoms with Crippen LogP contribution in [0.15, 0.2) is 36.8 Å². The number of rotatable bonds is 0. The van der Waals surface area contributed by atoms with Gasteiger partial charge in [-0.15, -0.1) is 24.8 Å². The summed E-state index contributed by atoms with van der Waals surface area (Å²) in [4.78, 5) is 7.97. The van der Waals surface area contributed by atoms with Crippen LogP contribution >= 0.6 is 24.8 Å². The first kappa shape index (κ1) is 11.1. The Balaban J connectivity index is 0.000000605. The molecule has 12 heavy (non-hydrogen) atoms. The van der Waals surface area contributed by atoms with E-state index in [1.165, 1.54) is 0 Å². The Morgan fingerprint density at radius 3 is 2.50 bits per heavy atom. The van der Waals surface area contributed by atoms with E-state index in [2.05, 4.69) is 9.97 Å². The van der Waals surface area contributed by atoms with Crippen molar-refractivity contribution in [3.8, 4) is 0 Å². The van der Waals surface area contributed by atoms with Crippen LogP contribution in [0.25, 0.3) is 10.9 Å². The van der Waals surface area contributed by atoms with Gasteiger partial charge in [-0.2, -0.15) is 0 Å². The summed E-state index contributed by atoms with van der Waals surface area (Å²) in [5.41, 5.74) is 0.998. The number of benzene rings is 1. The second-order valence-corrected chi connectivity index (χ2v) is 2.08. The highest BCUT2D eigenvalue weighted by Crippen LogP contribution is 2.06. The lowest BCUT2D eigenvalue weighted by Crippen LogP contribution is -1.77. The van der Waals surface area contributed by atoms with Gasteiger partial charge in [0.15, 0.2) is 0 Å². The highest BCUT2D eigenvalue weighted by atomic mass is 35.5. The van der Waals surface area contributed by atoms with Gasteiger partial charge in [-0.05, 0) is 6.07 Å². The van der Waals surface area contributed by atoms with Gasteiger partial charge in [-0.3, -0.25) is 0 Å². The van der Waals surface area contributed by atoms with Crippen LogP contribution in [0.5, 0.6) is 0 Å². The molecule has 0 radical (unpaired) electrons. The average Bonchev–Trinajstić information content (AvgIpc) is 2.05. The van der Waals surface area contributed by atoms with Crippen molar-refractivity contribution in [2.45, 2.75) is 0 Å². The van der Waals surface area contributed by atoms with Crippen molar-refractivity contribution in [3.05, 3.63) is 36.8 Å². The number of hydrogen-bond acceptors (Lipinski definition) is 2. The highest BCUT2D eigenvalue weighted by molar-refractivity contribution is 5.85. The summed E-state index contributed by atoms with van der Waals surface area (Å²) in [6.07, 6.45) is 3.37. The molecule has 2 aromatic rings. The van der Waals surface area contributed by atoms with E-state index in [1.807, 2.05) is 30.5 Å². The zero-order valence-corrected chi connectivity index (χ0v) is 7.81. The van der Waals surface area contributed by atoms with E-state index in [9.17, 15) is 0 Å². The summed E-state index contributed by atoms with van der Waals surface area (Å²) >= 11 is 0. The summed E-state index contributed by atoms with van der Waals surface area (Å²) in [7, 11) is 0. The number of hydrogen-bond donors (Lipinski definition) is 0. The van der Waals surface area contributed by atoms with Crippen LogP contribution in [0.2, 0.25) is 0 Å². The molecule has 64 valence electrons. The van der Waals surface area contributed by atoms with Crippen molar-refractivity contribution in [2.24, 2.45) is 0 Å². The molecule has 0 N–H and O–H groups in total. The van der Waals surface area contributed by atoms with Gasteiger partial charge >= 0.3 is 0 Å². The van der Waals surface area contributed by atoms with Gasteiger partial charge in [0.2, 0.25) is 0 Å². The number of halogens is 2. The van der Waals surface area contributed by atoms with Crippen molar-refractivity contribution in [2.75, 3.05) is 0 Å². The monoisotopic (exact) mass is 202 g/mol. The van der Waals surface area contributed by atoms with Crippen molar-refractivity contribution >= 4 is 35.7 Å². The minimum atomic E-state index is 0. The molecular formula is C8H8Cl2N2. The summed E-state index contributed by atoms with van der Waals surface area (Å²) in [6.45, 7) is 0. The summed E-state index contributed by atoms with van der Waals surface area (Å²) in [5, 5.41) is 1.09. The first-order valence-corrected chi connectivity index (χ1v) is 3.11. The SMILES string of the molecule is Cl.Cl.c1ccc2ncncc2c1. The normalized spacial score (nSPS) is 8.33. The quantitative estimate of drug-likeness (QED) is 0.657. The lowest BCUT2D eigenvalue weighted by Gasteiger charge is -1.90. The van der Waals surface area contributed by atoms with Gasteiger partial charge in [0.1, 0.15) is 6.33 Å². The standard InChI is InChI=1S/C8H6N2.2ClH/c1-2-4-8-7(3-1)5-9-6-10-8;;/h1-6H;2*1H. The van der Waals surface area contributed by atoms with Crippen molar-refractivity contribution in [1.82, 2.24) is 9.97 Å². The number of para-hydroxylation sites is 1. The maximum atomic E-state index is 4.07. The lowest BCUT2D eigenvalue weighted by molar-refractivity contribution is 1.22. The molecule has 2 rings (SSSR count). The molecular weight excluding hydrogens is 195 g/mol.